The number of anilines is 1. The molecule has 0 radical (unpaired) electrons. The molecule has 1 aromatic carbocycles. The van der Waals surface area contributed by atoms with Crippen molar-refractivity contribution in [3.05, 3.63) is 23.8 Å². The normalized spacial score (nSPS) is 17.1. The molecule has 0 aromatic heterocycles. The maximum absolute atomic E-state index is 12.6. The first kappa shape index (κ1) is 13.1. The van der Waals surface area contributed by atoms with Crippen molar-refractivity contribution in [2.45, 2.75) is 31.9 Å². The number of halogens is 3. The topological polar surface area (TPSA) is 35.2 Å². The highest BCUT2D eigenvalue weighted by molar-refractivity contribution is 5.48. The van der Waals surface area contributed by atoms with Gasteiger partial charge in [0.15, 0.2) is 0 Å². The first-order valence-electron chi connectivity index (χ1n) is 6.06. The fourth-order valence-corrected chi connectivity index (χ4v) is 2.26. The van der Waals surface area contributed by atoms with E-state index in [2.05, 4.69) is 0 Å². The maximum atomic E-state index is 12.6. The molecular weight excluding hydrogens is 243 g/mol. The van der Waals surface area contributed by atoms with Crippen LogP contribution in [0.25, 0.3) is 0 Å². The highest BCUT2D eigenvalue weighted by atomic mass is 19.4. The van der Waals surface area contributed by atoms with Crippen LogP contribution in [-0.4, -0.2) is 6.61 Å². The number of alkyl halides is 3. The van der Waals surface area contributed by atoms with Crippen molar-refractivity contribution in [3.63, 3.8) is 0 Å². The Hall–Kier alpha value is -1.39. The van der Waals surface area contributed by atoms with E-state index < -0.39 is 11.7 Å². The van der Waals surface area contributed by atoms with Crippen LogP contribution >= 0.6 is 0 Å². The minimum atomic E-state index is -4.39. The SMILES string of the molecule is Nc1cc(OCC2CCCC2)cc(C(F)(F)F)c1. The van der Waals surface area contributed by atoms with Gasteiger partial charge in [-0.15, -0.1) is 0 Å². The quantitative estimate of drug-likeness (QED) is 0.837. The number of ether oxygens (including phenoxy) is 1. The Morgan fingerprint density at radius 1 is 1.17 bits per heavy atom. The van der Waals surface area contributed by atoms with Crippen molar-refractivity contribution in [1.82, 2.24) is 0 Å². The second-order valence-electron chi connectivity index (χ2n) is 4.75. The average molecular weight is 259 g/mol. The Labute approximate surface area is 104 Å². The Bertz CT molecular complexity index is 411. The van der Waals surface area contributed by atoms with Gasteiger partial charge in [0.05, 0.1) is 12.2 Å². The van der Waals surface area contributed by atoms with E-state index in [1.807, 2.05) is 0 Å². The molecule has 2 rings (SSSR count). The summed E-state index contributed by atoms with van der Waals surface area (Å²) in [6.07, 6.45) is 0.154. The Balaban J connectivity index is 2.05. The number of benzene rings is 1. The van der Waals surface area contributed by atoms with Gasteiger partial charge in [0.2, 0.25) is 0 Å². The first-order chi connectivity index (χ1) is 8.45. The van der Waals surface area contributed by atoms with Gasteiger partial charge in [-0.3, -0.25) is 0 Å². The number of nitrogens with two attached hydrogens (primary N) is 1. The van der Waals surface area contributed by atoms with Crippen molar-refractivity contribution in [1.29, 1.82) is 0 Å². The zero-order valence-corrected chi connectivity index (χ0v) is 9.96. The van der Waals surface area contributed by atoms with Crippen molar-refractivity contribution in [2.75, 3.05) is 12.3 Å². The van der Waals surface area contributed by atoms with E-state index in [0.717, 1.165) is 25.0 Å². The van der Waals surface area contributed by atoms with Gasteiger partial charge in [-0.1, -0.05) is 12.8 Å². The minimum absolute atomic E-state index is 0.0752. The van der Waals surface area contributed by atoms with E-state index in [1.165, 1.54) is 18.9 Å². The van der Waals surface area contributed by atoms with Crippen LogP contribution in [0.5, 0.6) is 5.75 Å². The number of nitrogen functional groups attached to an aromatic ring is 1. The lowest BCUT2D eigenvalue weighted by Crippen LogP contribution is -2.10. The maximum Gasteiger partial charge on any atom is 0.416 e. The van der Waals surface area contributed by atoms with Gasteiger partial charge in [-0.25, -0.2) is 0 Å². The van der Waals surface area contributed by atoms with Gasteiger partial charge in [0.25, 0.3) is 0 Å². The van der Waals surface area contributed by atoms with E-state index in [9.17, 15) is 13.2 Å². The smallest absolute Gasteiger partial charge is 0.416 e. The fraction of sp³-hybridized carbons (Fsp3) is 0.538. The van der Waals surface area contributed by atoms with Crippen molar-refractivity contribution < 1.29 is 17.9 Å². The van der Waals surface area contributed by atoms with Gasteiger partial charge >= 0.3 is 6.18 Å². The van der Waals surface area contributed by atoms with Crippen molar-refractivity contribution in [3.8, 4) is 5.75 Å². The molecule has 1 aromatic rings. The molecule has 18 heavy (non-hydrogen) atoms. The first-order valence-corrected chi connectivity index (χ1v) is 6.06. The standard InChI is InChI=1S/C13H16F3NO/c14-13(15,16)10-5-11(17)7-12(6-10)18-8-9-3-1-2-4-9/h5-7,9H,1-4,8,17H2. The lowest BCUT2D eigenvalue weighted by Gasteiger charge is -2.14. The molecule has 1 fully saturated rings. The molecule has 0 heterocycles. The Morgan fingerprint density at radius 3 is 2.44 bits per heavy atom. The summed E-state index contributed by atoms with van der Waals surface area (Å²) in [6.45, 7) is 0.473. The van der Waals surface area contributed by atoms with Crippen LogP contribution < -0.4 is 10.5 Å². The summed E-state index contributed by atoms with van der Waals surface area (Å²) in [7, 11) is 0. The van der Waals surface area contributed by atoms with E-state index in [4.69, 9.17) is 10.5 Å². The Morgan fingerprint density at radius 2 is 1.83 bits per heavy atom. The van der Waals surface area contributed by atoms with Crippen LogP contribution in [0.3, 0.4) is 0 Å². The molecule has 2 N–H and O–H groups in total. The summed E-state index contributed by atoms with van der Waals surface area (Å²) in [5.74, 6) is 0.662. The Kier molecular flexibility index (Phi) is 3.68. The van der Waals surface area contributed by atoms with E-state index in [1.54, 1.807) is 0 Å². The van der Waals surface area contributed by atoms with E-state index in [0.29, 0.717) is 12.5 Å². The summed E-state index contributed by atoms with van der Waals surface area (Å²) in [4.78, 5) is 0. The zero-order valence-electron chi connectivity index (χ0n) is 9.96. The van der Waals surface area contributed by atoms with Gasteiger partial charge in [0.1, 0.15) is 5.75 Å². The molecule has 0 aliphatic heterocycles. The molecule has 100 valence electrons. The van der Waals surface area contributed by atoms with Gasteiger partial charge < -0.3 is 10.5 Å². The van der Waals surface area contributed by atoms with Crippen LogP contribution in [0.4, 0.5) is 18.9 Å². The van der Waals surface area contributed by atoms with Crippen LogP contribution in [0, 0.1) is 5.92 Å². The molecule has 0 atom stereocenters. The van der Waals surface area contributed by atoms with E-state index >= 15 is 0 Å². The molecule has 0 unspecified atom stereocenters. The second kappa shape index (κ2) is 5.08. The predicted octanol–water partition coefficient (Wildman–Crippen LogP) is 3.86. The fourth-order valence-electron chi connectivity index (χ4n) is 2.26. The van der Waals surface area contributed by atoms with Gasteiger partial charge in [-0.2, -0.15) is 13.2 Å². The zero-order chi connectivity index (χ0) is 13.2. The summed E-state index contributed by atoms with van der Waals surface area (Å²) >= 11 is 0. The average Bonchev–Trinajstić information content (AvgIpc) is 2.77. The second-order valence-corrected chi connectivity index (χ2v) is 4.75. The molecule has 0 spiro atoms. The predicted molar refractivity (Wildman–Crippen MR) is 63.3 cm³/mol. The van der Waals surface area contributed by atoms with E-state index in [-0.39, 0.29) is 11.4 Å². The summed E-state index contributed by atoms with van der Waals surface area (Å²) in [5.41, 5.74) is 4.77. The largest absolute Gasteiger partial charge is 0.493 e. The molecule has 1 aliphatic rings. The van der Waals surface area contributed by atoms with Gasteiger partial charge in [-0.05, 0) is 30.9 Å². The van der Waals surface area contributed by atoms with Crippen molar-refractivity contribution >= 4 is 5.69 Å². The summed E-state index contributed by atoms with van der Waals surface area (Å²) in [6, 6.07) is 3.36. The van der Waals surface area contributed by atoms with Crippen LogP contribution in [0.1, 0.15) is 31.2 Å². The third-order valence-electron chi connectivity index (χ3n) is 3.22. The highest BCUT2D eigenvalue weighted by Crippen LogP contribution is 2.34. The molecule has 0 bridgehead atoms. The van der Waals surface area contributed by atoms with Crippen LogP contribution in [-0.2, 0) is 6.18 Å². The van der Waals surface area contributed by atoms with Crippen molar-refractivity contribution in [2.24, 2.45) is 5.92 Å². The summed E-state index contributed by atoms with van der Waals surface area (Å²) < 4.78 is 43.2. The number of hydrogen-bond acceptors (Lipinski definition) is 2. The number of hydrogen-bond donors (Lipinski definition) is 1. The molecular formula is C13H16F3NO. The van der Waals surface area contributed by atoms with Crippen LogP contribution in [0.15, 0.2) is 18.2 Å². The molecule has 2 nitrogen and oxygen atoms in total. The highest BCUT2D eigenvalue weighted by Gasteiger charge is 2.31. The molecule has 0 saturated heterocycles. The third kappa shape index (κ3) is 3.31. The van der Waals surface area contributed by atoms with Crippen LogP contribution in [0.2, 0.25) is 0 Å². The third-order valence-corrected chi connectivity index (χ3v) is 3.22. The monoisotopic (exact) mass is 259 g/mol. The number of rotatable bonds is 3. The molecule has 1 aliphatic carbocycles. The summed E-state index contributed by atoms with van der Waals surface area (Å²) in [5, 5.41) is 0. The van der Waals surface area contributed by atoms with Gasteiger partial charge in [0, 0.05) is 11.8 Å². The molecule has 5 heteroatoms. The lowest BCUT2D eigenvalue weighted by atomic mass is 10.1. The lowest BCUT2D eigenvalue weighted by molar-refractivity contribution is -0.137. The molecule has 0 amide bonds. The molecule has 1 saturated carbocycles. The minimum Gasteiger partial charge on any atom is -0.493 e.